The molecule has 0 radical (unpaired) electrons. The summed E-state index contributed by atoms with van der Waals surface area (Å²) in [5, 5.41) is 1.20. The number of rotatable bonds is 3. The Balaban J connectivity index is 2.33. The van der Waals surface area contributed by atoms with Crippen LogP contribution >= 0.6 is 0 Å². The van der Waals surface area contributed by atoms with E-state index in [0.717, 1.165) is 17.5 Å². The molecule has 1 aromatic heterocycles. The Morgan fingerprint density at radius 1 is 1.29 bits per heavy atom. The van der Waals surface area contributed by atoms with Crippen LogP contribution in [0.1, 0.15) is 18.0 Å². The Morgan fingerprint density at radius 2 is 2.14 bits per heavy atom. The van der Waals surface area contributed by atoms with Crippen molar-refractivity contribution in [1.29, 1.82) is 0 Å². The van der Waals surface area contributed by atoms with Crippen molar-refractivity contribution >= 4 is 10.9 Å². The zero-order valence-corrected chi connectivity index (χ0v) is 8.03. The molecule has 0 aliphatic carbocycles. The van der Waals surface area contributed by atoms with Gasteiger partial charge in [0.2, 0.25) is 0 Å². The van der Waals surface area contributed by atoms with Crippen LogP contribution < -0.4 is 11.5 Å². The summed E-state index contributed by atoms with van der Waals surface area (Å²) in [4.78, 5) is 3.15. The van der Waals surface area contributed by atoms with Crippen LogP contribution in [0.3, 0.4) is 0 Å². The lowest BCUT2D eigenvalue weighted by molar-refractivity contribution is 0.662. The van der Waals surface area contributed by atoms with E-state index in [1.807, 2.05) is 12.3 Å². The van der Waals surface area contributed by atoms with Crippen LogP contribution in [0.5, 0.6) is 0 Å². The number of fused-ring (bicyclic) bond motifs is 1. The van der Waals surface area contributed by atoms with Crippen molar-refractivity contribution in [3.05, 3.63) is 36.0 Å². The SMILES string of the molecule is NCC[C@@H](N)c1ccc2[nH]ccc2c1. The predicted octanol–water partition coefficient (Wildman–Crippen LogP) is 1.52. The van der Waals surface area contributed by atoms with E-state index >= 15 is 0 Å². The van der Waals surface area contributed by atoms with Gasteiger partial charge in [0, 0.05) is 17.8 Å². The van der Waals surface area contributed by atoms with Gasteiger partial charge in [-0.05, 0) is 42.1 Å². The summed E-state index contributed by atoms with van der Waals surface area (Å²) >= 11 is 0. The van der Waals surface area contributed by atoms with Gasteiger partial charge in [0.1, 0.15) is 0 Å². The highest BCUT2D eigenvalue weighted by molar-refractivity contribution is 5.80. The largest absolute Gasteiger partial charge is 0.361 e. The zero-order chi connectivity index (χ0) is 9.97. The molecular weight excluding hydrogens is 174 g/mol. The van der Waals surface area contributed by atoms with Crippen LogP contribution in [0.4, 0.5) is 0 Å². The van der Waals surface area contributed by atoms with E-state index in [-0.39, 0.29) is 6.04 Å². The maximum absolute atomic E-state index is 5.98. The highest BCUT2D eigenvalue weighted by Gasteiger charge is 2.05. The third-order valence-corrected chi connectivity index (χ3v) is 2.48. The van der Waals surface area contributed by atoms with Crippen molar-refractivity contribution in [2.75, 3.05) is 6.54 Å². The molecule has 1 aromatic carbocycles. The smallest absolute Gasteiger partial charge is 0.0454 e. The molecule has 74 valence electrons. The van der Waals surface area contributed by atoms with E-state index in [9.17, 15) is 0 Å². The fourth-order valence-corrected chi connectivity index (χ4v) is 1.65. The van der Waals surface area contributed by atoms with Gasteiger partial charge in [-0.3, -0.25) is 0 Å². The standard InChI is InChI=1S/C11H15N3/c12-5-3-10(13)8-1-2-11-9(7-8)4-6-14-11/h1-2,4,6-7,10,14H,3,5,12-13H2/t10-/m1/s1. The highest BCUT2D eigenvalue weighted by Crippen LogP contribution is 2.19. The van der Waals surface area contributed by atoms with E-state index in [1.54, 1.807) is 0 Å². The molecule has 3 nitrogen and oxygen atoms in total. The van der Waals surface area contributed by atoms with Crippen LogP contribution in [-0.2, 0) is 0 Å². The first-order valence-electron chi connectivity index (χ1n) is 4.84. The number of aromatic nitrogens is 1. The van der Waals surface area contributed by atoms with Crippen molar-refractivity contribution in [3.63, 3.8) is 0 Å². The molecule has 0 fully saturated rings. The second-order valence-corrected chi connectivity index (χ2v) is 3.51. The van der Waals surface area contributed by atoms with Crippen LogP contribution in [0.25, 0.3) is 10.9 Å². The summed E-state index contributed by atoms with van der Waals surface area (Å²) in [5.41, 5.74) is 13.8. The number of hydrogen-bond acceptors (Lipinski definition) is 2. The van der Waals surface area contributed by atoms with Crippen molar-refractivity contribution in [2.45, 2.75) is 12.5 Å². The van der Waals surface area contributed by atoms with Crippen LogP contribution in [-0.4, -0.2) is 11.5 Å². The maximum atomic E-state index is 5.98. The molecule has 5 N–H and O–H groups in total. The van der Waals surface area contributed by atoms with Gasteiger partial charge in [0.25, 0.3) is 0 Å². The molecule has 14 heavy (non-hydrogen) atoms. The second kappa shape index (κ2) is 3.82. The minimum Gasteiger partial charge on any atom is -0.361 e. The molecule has 2 aromatic rings. The van der Waals surface area contributed by atoms with Crippen molar-refractivity contribution in [2.24, 2.45) is 11.5 Å². The van der Waals surface area contributed by atoms with E-state index in [2.05, 4.69) is 23.2 Å². The Morgan fingerprint density at radius 3 is 2.93 bits per heavy atom. The lowest BCUT2D eigenvalue weighted by Crippen LogP contribution is -2.15. The van der Waals surface area contributed by atoms with Gasteiger partial charge in [-0.2, -0.15) is 0 Å². The minimum atomic E-state index is 0.0549. The van der Waals surface area contributed by atoms with Gasteiger partial charge < -0.3 is 16.5 Å². The Bertz CT molecular complexity index is 419. The molecule has 0 aliphatic heterocycles. The molecule has 2 rings (SSSR count). The van der Waals surface area contributed by atoms with Crippen LogP contribution in [0.15, 0.2) is 30.5 Å². The number of H-pyrrole nitrogens is 1. The molecule has 0 aliphatic rings. The predicted molar refractivity (Wildman–Crippen MR) is 58.9 cm³/mol. The first-order chi connectivity index (χ1) is 6.81. The highest BCUT2D eigenvalue weighted by atomic mass is 14.7. The Kier molecular flexibility index (Phi) is 2.52. The summed E-state index contributed by atoms with van der Waals surface area (Å²) in [7, 11) is 0. The van der Waals surface area contributed by atoms with E-state index < -0.39 is 0 Å². The van der Waals surface area contributed by atoms with Crippen LogP contribution in [0, 0.1) is 0 Å². The Labute approximate surface area is 83.1 Å². The first-order valence-corrected chi connectivity index (χ1v) is 4.84. The number of aromatic amines is 1. The fraction of sp³-hybridized carbons (Fsp3) is 0.273. The van der Waals surface area contributed by atoms with Gasteiger partial charge in [0.05, 0.1) is 0 Å². The molecule has 1 heterocycles. The second-order valence-electron chi connectivity index (χ2n) is 3.51. The number of benzene rings is 1. The maximum Gasteiger partial charge on any atom is 0.0454 e. The van der Waals surface area contributed by atoms with Crippen molar-refractivity contribution < 1.29 is 0 Å². The normalized spacial score (nSPS) is 13.3. The Hall–Kier alpha value is -1.32. The quantitative estimate of drug-likeness (QED) is 0.685. The average molecular weight is 189 g/mol. The number of nitrogens with two attached hydrogens (primary N) is 2. The lowest BCUT2D eigenvalue weighted by atomic mass is 10.0. The monoisotopic (exact) mass is 189 g/mol. The number of hydrogen-bond donors (Lipinski definition) is 3. The topological polar surface area (TPSA) is 67.8 Å². The number of nitrogens with one attached hydrogen (secondary N) is 1. The average Bonchev–Trinajstić information content (AvgIpc) is 2.64. The molecule has 0 spiro atoms. The van der Waals surface area contributed by atoms with Gasteiger partial charge in [-0.15, -0.1) is 0 Å². The van der Waals surface area contributed by atoms with Crippen LogP contribution in [0.2, 0.25) is 0 Å². The molecule has 0 bridgehead atoms. The molecule has 0 saturated carbocycles. The molecule has 1 atom stereocenters. The van der Waals surface area contributed by atoms with E-state index in [1.165, 1.54) is 5.39 Å². The summed E-state index contributed by atoms with van der Waals surface area (Å²) in [5.74, 6) is 0. The summed E-state index contributed by atoms with van der Waals surface area (Å²) < 4.78 is 0. The molecule has 0 amide bonds. The van der Waals surface area contributed by atoms with E-state index in [4.69, 9.17) is 11.5 Å². The molecule has 3 heteroatoms. The van der Waals surface area contributed by atoms with Gasteiger partial charge >= 0.3 is 0 Å². The summed E-state index contributed by atoms with van der Waals surface area (Å²) in [6, 6.07) is 8.33. The third-order valence-electron chi connectivity index (χ3n) is 2.48. The molecule has 0 saturated heterocycles. The van der Waals surface area contributed by atoms with Gasteiger partial charge in [0.15, 0.2) is 0 Å². The zero-order valence-electron chi connectivity index (χ0n) is 8.03. The lowest BCUT2D eigenvalue weighted by Gasteiger charge is -2.10. The van der Waals surface area contributed by atoms with Gasteiger partial charge in [-0.25, -0.2) is 0 Å². The first kappa shape index (κ1) is 9.24. The van der Waals surface area contributed by atoms with Crippen molar-refractivity contribution in [1.82, 2.24) is 4.98 Å². The summed E-state index contributed by atoms with van der Waals surface area (Å²) in [6.45, 7) is 0.631. The van der Waals surface area contributed by atoms with Gasteiger partial charge in [-0.1, -0.05) is 6.07 Å². The summed E-state index contributed by atoms with van der Waals surface area (Å²) in [6.07, 6.45) is 2.76. The third kappa shape index (κ3) is 1.64. The fourth-order valence-electron chi connectivity index (χ4n) is 1.65. The molecule has 0 unspecified atom stereocenters. The van der Waals surface area contributed by atoms with E-state index in [0.29, 0.717) is 6.54 Å². The van der Waals surface area contributed by atoms with Crippen molar-refractivity contribution in [3.8, 4) is 0 Å². The molecular formula is C11H15N3. The minimum absolute atomic E-state index is 0.0549.